The first-order valence-electron chi connectivity index (χ1n) is 5.61. The first-order chi connectivity index (χ1) is 7.97. The van der Waals surface area contributed by atoms with Gasteiger partial charge in [0, 0.05) is 13.1 Å². The quantitative estimate of drug-likeness (QED) is 0.579. The number of hydrogen-bond acceptors (Lipinski definition) is 5. The van der Waals surface area contributed by atoms with Crippen LogP contribution < -0.4 is 5.32 Å². The minimum atomic E-state index is -0.431. The van der Waals surface area contributed by atoms with Gasteiger partial charge in [0.2, 0.25) is 5.82 Å². The third-order valence-electron chi connectivity index (χ3n) is 2.43. The molecule has 17 heavy (non-hydrogen) atoms. The summed E-state index contributed by atoms with van der Waals surface area (Å²) in [6, 6.07) is 0. The number of aromatic nitrogens is 2. The minimum Gasteiger partial charge on any atom is -0.393 e. The van der Waals surface area contributed by atoms with Gasteiger partial charge in [-0.15, -0.1) is 0 Å². The molecule has 0 aliphatic carbocycles. The Balaban J connectivity index is 2.90. The normalized spacial score (nSPS) is 12.5. The fourth-order valence-electron chi connectivity index (χ4n) is 1.59. The number of nitrogens with zero attached hydrogens (tertiary/aromatic N) is 3. The van der Waals surface area contributed by atoms with Gasteiger partial charge in [0.15, 0.2) is 0 Å². The van der Waals surface area contributed by atoms with Crippen LogP contribution in [-0.2, 0) is 6.54 Å². The summed E-state index contributed by atoms with van der Waals surface area (Å²) < 4.78 is 1.56. The van der Waals surface area contributed by atoms with Crippen molar-refractivity contribution in [2.45, 2.75) is 39.8 Å². The van der Waals surface area contributed by atoms with Crippen LogP contribution in [0.25, 0.3) is 0 Å². The third kappa shape index (κ3) is 3.16. The molecular weight excluding hydrogens is 224 g/mol. The van der Waals surface area contributed by atoms with Crippen LogP contribution in [0.3, 0.4) is 0 Å². The first kappa shape index (κ1) is 13.4. The molecule has 1 aromatic rings. The molecule has 0 bridgehead atoms. The molecule has 1 atom stereocenters. The van der Waals surface area contributed by atoms with Crippen LogP contribution in [0, 0.1) is 17.0 Å². The predicted octanol–water partition coefficient (Wildman–Crippen LogP) is 1.30. The summed E-state index contributed by atoms with van der Waals surface area (Å²) in [5.41, 5.74) is 0.411. The van der Waals surface area contributed by atoms with Crippen molar-refractivity contribution in [3.63, 3.8) is 0 Å². The largest absolute Gasteiger partial charge is 0.393 e. The Morgan fingerprint density at radius 3 is 2.76 bits per heavy atom. The van der Waals surface area contributed by atoms with Gasteiger partial charge >= 0.3 is 5.69 Å². The van der Waals surface area contributed by atoms with Gasteiger partial charge in [0.05, 0.1) is 11.0 Å². The molecule has 1 rings (SSSR count). The van der Waals surface area contributed by atoms with Gasteiger partial charge < -0.3 is 10.4 Å². The van der Waals surface area contributed by atoms with Crippen LogP contribution in [0.1, 0.15) is 26.0 Å². The molecule has 0 fully saturated rings. The van der Waals surface area contributed by atoms with E-state index in [0.717, 1.165) is 0 Å². The van der Waals surface area contributed by atoms with Crippen molar-refractivity contribution >= 4 is 11.5 Å². The van der Waals surface area contributed by atoms with E-state index in [0.29, 0.717) is 31.0 Å². The lowest BCUT2D eigenvalue weighted by Crippen LogP contribution is -2.13. The van der Waals surface area contributed by atoms with Crippen LogP contribution in [0.15, 0.2) is 0 Å². The summed E-state index contributed by atoms with van der Waals surface area (Å²) >= 11 is 0. The van der Waals surface area contributed by atoms with Crippen LogP contribution in [0.4, 0.5) is 11.5 Å². The molecule has 0 radical (unpaired) electrons. The molecule has 0 amide bonds. The Morgan fingerprint density at radius 1 is 1.65 bits per heavy atom. The molecule has 0 aliphatic rings. The number of anilines is 1. The number of nitrogens with one attached hydrogen (secondary N) is 1. The summed E-state index contributed by atoms with van der Waals surface area (Å²) in [4.78, 5) is 10.5. The summed E-state index contributed by atoms with van der Waals surface area (Å²) in [6.07, 6.45) is 0.103. The molecular formula is C10H18N4O3. The van der Waals surface area contributed by atoms with E-state index in [1.165, 1.54) is 0 Å². The van der Waals surface area contributed by atoms with Crippen LogP contribution in [-0.4, -0.2) is 32.5 Å². The summed E-state index contributed by atoms with van der Waals surface area (Å²) in [5.74, 6) is 0.413. The fraction of sp³-hybridized carbons (Fsp3) is 0.700. The van der Waals surface area contributed by atoms with Crippen molar-refractivity contribution in [2.75, 3.05) is 11.9 Å². The number of aliphatic hydroxyl groups is 1. The SMILES string of the molecule is CCn1nc(C)c([N+](=O)[O-])c1NCCC(C)O. The molecule has 1 aromatic heterocycles. The molecule has 7 nitrogen and oxygen atoms in total. The topological polar surface area (TPSA) is 93.2 Å². The average molecular weight is 242 g/mol. The van der Waals surface area contributed by atoms with E-state index in [4.69, 9.17) is 5.11 Å². The van der Waals surface area contributed by atoms with E-state index in [1.54, 1.807) is 18.5 Å². The van der Waals surface area contributed by atoms with Gasteiger partial charge in [-0.3, -0.25) is 10.1 Å². The highest BCUT2D eigenvalue weighted by Crippen LogP contribution is 2.27. The van der Waals surface area contributed by atoms with E-state index >= 15 is 0 Å². The Morgan fingerprint density at radius 2 is 2.29 bits per heavy atom. The lowest BCUT2D eigenvalue weighted by atomic mass is 10.3. The van der Waals surface area contributed by atoms with E-state index in [1.807, 2.05) is 6.92 Å². The van der Waals surface area contributed by atoms with Crippen molar-refractivity contribution in [3.8, 4) is 0 Å². The zero-order chi connectivity index (χ0) is 13.0. The van der Waals surface area contributed by atoms with E-state index in [9.17, 15) is 10.1 Å². The molecule has 1 heterocycles. The van der Waals surface area contributed by atoms with Gasteiger partial charge in [0.1, 0.15) is 5.69 Å². The molecule has 0 aliphatic heterocycles. The molecule has 0 saturated heterocycles. The summed E-state index contributed by atoms with van der Waals surface area (Å²) in [7, 11) is 0. The maximum Gasteiger partial charge on any atom is 0.333 e. The highest BCUT2D eigenvalue weighted by atomic mass is 16.6. The maximum atomic E-state index is 10.9. The zero-order valence-electron chi connectivity index (χ0n) is 10.3. The van der Waals surface area contributed by atoms with Gasteiger partial charge in [-0.25, -0.2) is 4.68 Å². The van der Waals surface area contributed by atoms with Gasteiger partial charge in [-0.05, 0) is 27.2 Å². The van der Waals surface area contributed by atoms with Gasteiger partial charge in [0.25, 0.3) is 0 Å². The Hall–Kier alpha value is -1.63. The number of hydrogen-bond donors (Lipinski definition) is 2. The predicted molar refractivity (Wildman–Crippen MR) is 64.1 cm³/mol. The second-order valence-corrected chi connectivity index (χ2v) is 3.92. The second kappa shape index (κ2) is 5.62. The molecule has 0 saturated carbocycles. The molecule has 1 unspecified atom stereocenters. The summed E-state index contributed by atoms with van der Waals surface area (Å²) in [5, 5.41) is 27.1. The fourth-order valence-corrected chi connectivity index (χ4v) is 1.59. The number of aliphatic hydroxyl groups excluding tert-OH is 1. The van der Waals surface area contributed by atoms with Crippen molar-refractivity contribution < 1.29 is 10.0 Å². The first-order valence-corrected chi connectivity index (χ1v) is 5.61. The van der Waals surface area contributed by atoms with Crippen molar-refractivity contribution in [2.24, 2.45) is 0 Å². The van der Waals surface area contributed by atoms with Crippen molar-refractivity contribution in [1.29, 1.82) is 0 Å². The third-order valence-corrected chi connectivity index (χ3v) is 2.43. The average Bonchev–Trinajstić information content (AvgIpc) is 2.54. The lowest BCUT2D eigenvalue weighted by molar-refractivity contribution is -0.384. The number of rotatable bonds is 6. The molecule has 7 heteroatoms. The Kier molecular flexibility index (Phi) is 4.45. The molecule has 0 aromatic carbocycles. The Bertz CT molecular complexity index is 401. The van der Waals surface area contributed by atoms with Crippen LogP contribution in [0.2, 0.25) is 0 Å². The van der Waals surface area contributed by atoms with Crippen LogP contribution in [0.5, 0.6) is 0 Å². The van der Waals surface area contributed by atoms with Gasteiger partial charge in [-0.1, -0.05) is 0 Å². The van der Waals surface area contributed by atoms with Crippen molar-refractivity contribution in [3.05, 3.63) is 15.8 Å². The Labute approximate surface area is 99.6 Å². The van der Waals surface area contributed by atoms with Crippen molar-refractivity contribution in [1.82, 2.24) is 9.78 Å². The minimum absolute atomic E-state index is 0.0115. The lowest BCUT2D eigenvalue weighted by Gasteiger charge is -2.08. The maximum absolute atomic E-state index is 10.9. The van der Waals surface area contributed by atoms with E-state index in [2.05, 4.69) is 10.4 Å². The smallest absolute Gasteiger partial charge is 0.333 e. The molecule has 96 valence electrons. The van der Waals surface area contributed by atoms with Crippen LogP contribution >= 0.6 is 0 Å². The molecule has 0 spiro atoms. The van der Waals surface area contributed by atoms with Gasteiger partial charge in [-0.2, -0.15) is 5.10 Å². The summed E-state index contributed by atoms with van der Waals surface area (Å²) in [6.45, 7) is 6.20. The number of aryl methyl sites for hydroxylation is 2. The standard InChI is InChI=1S/C10H18N4O3/c1-4-13-10(11-6-5-7(2)15)9(14(16)17)8(3)12-13/h7,11,15H,4-6H2,1-3H3. The highest BCUT2D eigenvalue weighted by molar-refractivity contribution is 5.59. The highest BCUT2D eigenvalue weighted by Gasteiger charge is 2.24. The van der Waals surface area contributed by atoms with E-state index in [-0.39, 0.29) is 5.69 Å². The number of nitro groups is 1. The molecule has 2 N–H and O–H groups in total. The monoisotopic (exact) mass is 242 g/mol. The second-order valence-electron chi connectivity index (χ2n) is 3.92. The van der Waals surface area contributed by atoms with E-state index < -0.39 is 11.0 Å². The zero-order valence-corrected chi connectivity index (χ0v) is 10.3.